The number of benzene rings is 2. The number of para-hydroxylation sites is 1. The van der Waals surface area contributed by atoms with Crippen LogP contribution in [0.3, 0.4) is 0 Å². The van der Waals surface area contributed by atoms with Gasteiger partial charge in [0, 0.05) is 10.8 Å². The number of carbonyl (C=O) groups is 1. The van der Waals surface area contributed by atoms with Crippen LogP contribution in [-0.2, 0) is 11.3 Å². The molecule has 132 valence electrons. The molecule has 1 aromatic heterocycles. The fraction of sp³-hybridized carbons (Fsp3) is 0.273. The molecule has 1 heterocycles. The van der Waals surface area contributed by atoms with Gasteiger partial charge in [-0.1, -0.05) is 24.3 Å². The second kappa shape index (κ2) is 6.45. The van der Waals surface area contributed by atoms with Gasteiger partial charge in [-0.3, -0.25) is 9.59 Å². The summed E-state index contributed by atoms with van der Waals surface area (Å²) in [6.07, 6.45) is 6.77. The predicted molar refractivity (Wildman–Crippen MR) is 105 cm³/mol. The highest BCUT2D eigenvalue weighted by atomic mass is 16.4. The standard InChI is InChI=1S/C22H21NO3/c1-14-16(15-7-3-2-4-8-15)11-12-18-21(14)23(13-20(24)25)19-10-6-5-9-17(19)22(18)26/h5-7,9-12H,2-4,8,13H2,1H3,(H,24,25). The van der Waals surface area contributed by atoms with Crippen LogP contribution in [0.5, 0.6) is 0 Å². The molecule has 0 saturated heterocycles. The first kappa shape index (κ1) is 16.6. The second-order valence-electron chi connectivity index (χ2n) is 6.94. The van der Waals surface area contributed by atoms with Crippen LogP contribution in [0.15, 0.2) is 47.3 Å². The monoisotopic (exact) mass is 347 g/mol. The molecule has 0 aliphatic heterocycles. The van der Waals surface area contributed by atoms with Crippen molar-refractivity contribution >= 4 is 33.3 Å². The fourth-order valence-electron chi connectivity index (χ4n) is 4.13. The summed E-state index contributed by atoms with van der Waals surface area (Å²) in [5.74, 6) is -0.915. The Morgan fingerprint density at radius 2 is 1.92 bits per heavy atom. The maximum Gasteiger partial charge on any atom is 0.323 e. The molecule has 4 heteroatoms. The average molecular weight is 347 g/mol. The Balaban J connectivity index is 2.13. The van der Waals surface area contributed by atoms with Gasteiger partial charge >= 0.3 is 5.97 Å². The minimum Gasteiger partial charge on any atom is -0.480 e. The number of nitrogens with zero attached hydrogens (tertiary/aromatic N) is 1. The first-order valence-corrected chi connectivity index (χ1v) is 9.04. The van der Waals surface area contributed by atoms with Crippen LogP contribution in [0.1, 0.15) is 36.8 Å². The topological polar surface area (TPSA) is 59.3 Å². The van der Waals surface area contributed by atoms with Crippen molar-refractivity contribution in [3.63, 3.8) is 0 Å². The summed E-state index contributed by atoms with van der Waals surface area (Å²) in [5.41, 5.74) is 4.79. The number of aryl methyl sites for hydroxylation is 1. The van der Waals surface area contributed by atoms with E-state index in [0.717, 1.165) is 29.5 Å². The third-order valence-electron chi connectivity index (χ3n) is 5.32. The zero-order valence-corrected chi connectivity index (χ0v) is 14.8. The van der Waals surface area contributed by atoms with Crippen molar-refractivity contribution in [1.29, 1.82) is 0 Å². The summed E-state index contributed by atoms with van der Waals surface area (Å²) in [6.45, 7) is 1.83. The number of allylic oxidation sites excluding steroid dienone is 2. The van der Waals surface area contributed by atoms with Crippen molar-refractivity contribution in [1.82, 2.24) is 4.57 Å². The SMILES string of the molecule is Cc1c(C2=CCCCC2)ccc2c(=O)c3ccccc3n(CC(=O)O)c12. The fourth-order valence-corrected chi connectivity index (χ4v) is 4.13. The van der Waals surface area contributed by atoms with Gasteiger partial charge in [0.15, 0.2) is 5.43 Å². The number of carboxylic acid groups (broad SMARTS) is 1. The molecule has 0 amide bonds. The number of rotatable bonds is 3. The Kier molecular flexibility index (Phi) is 4.11. The van der Waals surface area contributed by atoms with Gasteiger partial charge in [-0.15, -0.1) is 0 Å². The Hall–Kier alpha value is -2.88. The normalized spacial score (nSPS) is 14.6. The van der Waals surface area contributed by atoms with Gasteiger partial charge in [0.05, 0.1) is 11.0 Å². The maximum atomic E-state index is 13.0. The smallest absolute Gasteiger partial charge is 0.323 e. The highest BCUT2D eigenvalue weighted by Gasteiger charge is 2.18. The molecule has 0 radical (unpaired) electrons. The lowest BCUT2D eigenvalue weighted by molar-refractivity contribution is -0.137. The number of aliphatic carboxylic acids is 1. The van der Waals surface area contributed by atoms with Crippen LogP contribution < -0.4 is 5.43 Å². The van der Waals surface area contributed by atoms with E-state index in [1.165, 1.54) is 18.4 Å². The highest BCUT2D eigenvalue weighted by molar-refractivity contribution is 5.97. The summed E-state index contributed by atoms with van der Waals surface area (Å²) in [7, 11) is 0. The van der Waals surface area contributed by atoms with Crippen molar-refractivity contribution in [3.8, 4) is 0 Å². The van der Waals surface area contributed by atoms with E-state index in [4.69, 9.17) is 0 Å². The number of fused-ring (bicyclic) bond motifs is 2. The zero-order chi connectivity index (χ0) is 18.3. The summed E-state index contributed by atoms with van der Waals surface area (Å²) in [6, 6.07) is 11.1. The van der Waals surface area contributed by atoms with Gasteiger partial charge < -0.3 is 9.67 Å². The lowest BCUT2D eigenvalue weighted by Crippen LogP contribution is -2.17. The van der Waals surface area contributed by atoms with Crippen LogP contribution in [0.25, 0.3) is 27.4 Å². The molecular weight excluding hydrogens is 326 g/mol. The molecule has 4 nitrogen and oxygen atoms in total. The Labute approximate surface area is 151 Å². The van der Waals surface area contributed by atoms with Gasteiger partial charge in [-0.25, -0.2) is 0 Å². The summed E-state index contributed by atoms with van der Waals surface area (Å²) in [4.78, 5) is 24.5. The first-order chi connectivity index (χ1) is 12.6. The average Bonchev–Trinajstić information content (AvgIpc) is 2.65. The lowest BCUT2D eigenvalue weighted by Gasteiger charge is -2.20. The molecule has 3 aromatic rings. The molecule has 1 N–H and O–H groups in total. The van der Waals surface area contributed by atoms with Crippen molar-refractivity contribution in [3.05, 3.63) is 63.8 Å². The summed E-state index contributed by atoms with van der Waals surface area (Å²) < 4.78 is 1.77. The third-order valence-corrected chi connectivity index (χ3v) is 5.32. The molecule has 0 spiro atoms. The minimum absolute atomic E-state index is 0.0375. The number of hydrogen-bond donors (Lipinski definition) is 1. The zero-order valence-electron chi connectivity index (χ0n) is 14.8. The molecular formula is C22H21NO3. The first-order valence-electron chi connectivity index (χ1n) is 9.04. The van der Waals surface area contributed by atoms with Crippen molar-refractivity contribution in [2.45, 2.75) is 39.2 Å². The summed E-state index contributed by atoms with van der Waals surface area (Å²) >= 11 is 0. The van der Waals surface area contributed by atoms with E-state index in [1.807, 2.05) is 37.3 Å². The Morgan fingerprint density at radius 1 is 1.12 bits per heavy atom. The number of hydrogen-bond acceptors (Lipinski definition) is 2. The number of pyridine rings is 1. The van der Waals surface area contributed by atoms with Gasteiger partial charge in [-0.2, -0.15) is 0 Å². The Morgan fingerprint density at radius 3 is 2.65 bits per heavy atom. The van der Waals surface area contributed by atoms with E-state index >= 15 is 0 Å². The van der Waals surface area contributed by atoms with Gasteiger partial charge in [-0.05, 0) is 67.5 Å². The van der Waals surface area contributed by atoms with E-state index in [-0.39, 0.29) is 12.0 Å². The number of aromatic nitrogens is 1. The van der Waals surface area contributed by atoms with E-state index in [0.29, 0.717) is 16.3 Å². The molecule has 4 rings (SSSR count). The third kappa shape index (κ3) is 2.62. The van der Waals surface area contributed by atoms with Gasteiger partial charge in [0.25, 0.3) is 0 Å². The quantitative estimate of drug-likeness (QED) is 0.709. The minimum atomic E-state index is -0.915. The molecule has 1 aliphatic carbocycles. The molecule has 0 bridgehead atoms. The van der Waals surface area contributed by atoms with Gasteiger partial charge in [0.2, 0.25) is 0 Å². The largest absolute Gasteiger partial charge is 0.480 e. The van der Waals surface area contributed by atoms with Crippen LogP contribution in [0.2, 0.25) is 0 Å². The predicted octanol–water partition coefficient (Wildman–Crippen LogP) is 4.51. The molecule has 1 aliphatic rings. The second-order valence-corrected chi connectivity index (χ2v) is 6.94. The van der Waals surface area contributed by atoms with Crippen LogP contribution in [0.4, 0.5) is 0 Å². The molecule has 0 saturated carbocycles. The van der Waals surface area contributed by atoms with Crippen molar-refractivity contribution in [2.24, 2.45) is 0 Å². The van der Waals surface area contributed by atoms with Crippen molar-refractivity contribution in [2.75, 3.05) is 0 Å². The van der Waals surface area contributed by atoms with Crippen LogP contribution >= 0.6 is 0 Å². The van der Waals surface area contributed by atoms with Gasteiger partial charge in [0.1, 0.15) is 6.54 Å². The molecule has 0 atom stereocenters. The highest BCUT2D eigenvalue weighted by Crippen LogP contribution is 2.33. The number of carboxylic acids is 1. The molecule has 0 unspecified atom stereocenters. The lowest BCUT2D eigenvalue weighted by atomic mass is 9.89. The van der Waals surface area contributed by atoms with E-state index < -0.39 is 5.97 Å². The molecule has 0 fully saturated rings. The van der Waals surface area contributed by atoms with Crippen LogP contribution in [0, 0.1) is 6.92 Å². The van der Waals surface area contributed by atoms with Crippen LogP contribution in [-0.4, -0.2) is 15.6 Å². The Bertz CT molecular complexity index is 1120. The summed E-state index contributed by atoms with van der Waals surface area (Å²) in [5, 5.41) is 10.6. The maximum absolute atomic E-state index is 13.0. The van der Waals surface area contributed by atoms with E-state index in [9.17, 15) is 14.7 Å². The van der Waals surface area contributed by atoms with E-state index in [1.54, 1.807) is 10.6 Å². The molecule has 26 heavy (non-hydrogen) atoms. The van der Waals surface area contributed by atoms with Crippen molar-refractivity contribution < 1.29 is 9.90 Å². The van der Waals surface area contributed by atoms with E-state index in [2.05, 4.69) is 6.08 Å². The molecule has 2 aromatic carbocycles.